The molecule has 2 aromatic carbocycles. The number of nitrogens with two attached hydrogens (primary N) is 1. The van der Waals surface area contributed by atoms with Gasteiger partial charge in [-0.2, -0.15) is 0 Å². The van der Waals surface area contributed by atoms with Crippen LogP contribution >= 0.6 is 12.2 Å². The molecule has 0 atom stereocenters. The van der Waals surface area contributed by atoms with Crippen molar-refractivity contribution in [2.45, 2.75) is 6.92 Å². The van der Waals surface area contributed by atoms with Crippen molar-refractivity contribution in [3.05, 3.63) is 59.4 Å². The minimum absolute atomic E-state index is 0.293. The van der Waals surface area contributed by atoms with Crippen molar-refractivity contribution in [3.8, 4) is 0 Å². The fourth-order valence-electron chi connectivity index (χ4n) is 1.77. The van der Waals surface area contributed by atoms with E-state index in [9.17, 15) is 9.18 Å². The van der Waals surface area contributed by atoms with E-state index in [-0.39, 0.29) is 5.82 Å². The summed E-state index contributed by atoms with van der Waals surface area (Å²) in [4.78, 5) is 11.0. The normalized spacial score (nSPS) is 10.0. The second-order valence-electron chi connectivity index (χ2n) is 4.48. The molecule has 108 valence electrons. The van der Waals surface area contributed by atoms with Gasteiger partial charge < -0.3 is 16.4 Å². The molecule has 0 saturated carbocycles. The minimum atomic E-state index is -0.482. The standard InChI is InChI=1S/C15H14FN3OS/c1-9-8-11(16)4-7-13(9)19-15(21)18-12-5-2-10(3-6-12)14(17)20/h2-8H,1H3,(H2,17,20)(H2,18,19,21). The molecule has 0 aromatic heterocycles. The molecule has 2 rings (SSSR count). The molecule has 1 amide bonds. The van der Waals surface area contributed by atoms with Crippen molar-refractivity contribution in [2.75, 3.05) is 10.6 Å². The van der Waals surface area contributed by atoms with Crippen molar-refractivity contribution in [3.63, 3.8) is 0 Å². The molecule has 4 nitrogen and oxygen atoms in total. The maximum absolute atomic E-state index is 13.0. The number of carbonyl (C=O) groups excluding carboxylic acids is 1. The van der Waals surface area contributed by atoms with E-state index in [1.54, 1.807) is 37.3 Å². The van der Waals surface area contributed by atoms with Crippen LogP contribution in [0.25, 0.3) is 0 Å². The summed E-state index contributed by atoms with van der Waals surface area (Å²) < 4.78 is 13.0. The van der Waals surface area contributed by atoms with Crippen molar-refractivity contribution in [1.82, 2.24) is 0 Å². The predicted octanol–water partition coefficient (Wildman–Crippen LogP) is 3.04. The summed E-state index contributed by atoms with van der Waals surface area (Å²) in [7, 11) is 0. The molecule has 0 saturated heterocycles. The highest BCUT2D eigenvalue weighted by Gasteiger charge is 2.04. The van der Waals surface area contributed by atoms with E-state index in [2.05, 4.69) is 10.6 Å². The Balaban J connectivity index is 2.02. The molecule has 0 heterocycles. The van der Waals surface area contributed by atoms with Crippen LogP contribution in [0.15, 0.2) is 42.5 Å². The maximum atomic E-state index is 13.0. The monoisotopic (exact) mass is 303 g/mol. The van der Waals surface area contributed by atoms with E-state index in [4.69, 9.17) is 18.0 Å². The lowest BCUT2D eigenvalue weighted by molar-refractivity contribution is 0.100. The van der Waals surface area contributed by atoms with Gasteiger partial charge in [-0.3, -0.25) is 4.79 Å². The average molecular weight is 303 g/mol. The molecule has 0 bridgehead atoms. The second-order valence-corrected chi connectivity index (χ2v) is 4.89. The molecule has 0 aliphatic heterocycles. The predicted molar refractivity (Wildman–Crippen MR) is 85.9 cm³/mol. The van der Waals surface area contributed by atoms with Gasteiger partial charge in [-0.05, 0) is 67.2 Å². The number of carbonyl (C=O) groups is 1. The lowest BCUT2D eigenvalue weighted by Gasteiger charge is -2.12. The number of benzene rings is 2. The Hall–Kier alpha value is -2.47. The molecule has 4 N–H and O–H groups in total. The average Bonchev–Trinajstić information content (AvgIpc) is 2.42. The molecule has 0 unspecified atom stereocenters. The van der Waals surface area contributed by atoms with Crippen LogP contribution < -0.4 is 16.4 Å². The number of primary amides is 1. The zero-order chi connectivity index (χ0) is 15.4. The number of thiocarbonyl (C=S) groups is 1. The van der Waals surface area contributed by atoms with Gasteiger partial charge in [0, 0.05) is 16.9 Å². The van der Waals surface area contributed by atoms with E-state index in [1.165, 1.54) is 12.1 Å². The van der Waals surface area contributed by atoms with Crippen molar-refractivity contribution in [2.24, 2.45) is 5.73 Å². The van der Waals surface area contributed by atoms with E-state index in [0.717, 1.165) is 16.9 Å². The summed E-state index contributed by atoms with van der Waals surface area (Å²) >= 11 is 5.19. The number of hydrogen-bond donors (Lipinski definition) is 3. The highest BCUT2D eigenvalue weighted by molar-refractivity contribution is 7.80. The summed E-state index contributed by atoms with van der Waals surface area (Å²) in [6.45, 7) is 1.79. The largest absolute Gasteiger partial charge is 0.366 e. The minimum Gasteiger partial charge on any atom is -0.366 e. The Labute approximate surface area is 127 Å². The lowest BCUT2D eigenvalue weighted by Crippen LogP contribution is -2.19. The molecule has 21 heavy (non-hydrogen) atoms. The number of halogens is 1. The van der Waals surface area contributed by atoms with Gasteiger partial charge in [0.25, 0.3) is 0 Å². The van der Waals surface area contributed by atoms with Gasteiger partial charge in [-0.25, -0.2) is 4.39 Å². The number of nitrogens with one attached hydrogen (secondary N) is 2. The Morgan fingerprint density at radius 1 is 1.14 bits per heavy atom. The summed E-state index contributed by atoms with van der Waals surface area (Å²) in [6, 6.07) is 11.0. The van der Waals surface area contributed by atoms with Crippen molar-refractivity contribution >= 4 is 34.6 Å². The topological polar surface area (TPSA) is 67.2 Å². The summed E-state index contributed by atoms with van der Waals surface area (Å²) in [6.07, 6.45) is 0. The van der Waals surface area contributed by atoms with Gasteiger partial charge >= 0.3 is 0 Å². The fraction of sp³-hybridized carbons (Fsp3) is 0.0667. The molecular weight excluding hydrogens is 289 g/mol. The van der Waals surface area contributed by atoms with E-state index >= 15 is 0 Å². The Morgan fingerprint density at radius 2 is 1.81 bits per heavy atom. The number of anilines is 2. The first-order valence-corrected chi connectivity index (χ1v) is 6.60. The summed E-state index contributed by atoms with van der Waals surface area (Å²) in [5.74, 6) is -0.775. The number of hydrogen-bond acceptors (Lipinski definition) is 2. The highest BCUT2D eigenvalue weighted by Crippen LogP contribution is 2.16. The van der Waals surface area contributed by atoms with Gasteiger partial charge in [0.2, 0.25) is 5.91 Å². The van der Waals surface area contributed by atoms with E-state index in [0.29, 0.717) is 10.7 Å². The first-order valence-electron chi connectivity index (χ1n) is 6.20. The van der Waals surface area contributed by atoms with Gasteiger partial charge in [-0.15, -0.1) is 0 Å². The molecular formula is C15H14FN3OS. The van der Waals surface area contributed by atoms with Crippen LogP contribution in [-0.4, -0.2) is 11.0 Å². The van der Waals surface area contributed by atoms with Crippen molar-refractivity contribution < 1.29 is 9.18 Å². The first-order chi connectivity index (χ1) is 9.95. The molecule has 0 aliphatic rings. The first kappa shape index (κ1) is 14.9. The molecule has 0 spiro atoms. The third kappa shape index (κ3) is 4.00. The summed E-state index contributed by atoms with van der Waals surface area (Å²) in [5, 5.41) is 6.33. The number of rotatable bonds is 3. The van der Waals surface area contributed by atoms with E-state index in [1.807, 2.05) is 0 Å². The Kier molecular flexibility index (Phi) is 4.49. The zero-order valence-corrected chi connectivity index (χ0v) is 12.1. The second kappa shape index (κ2) is 6.32. The third-order valence-electron chi connectivity index (χ3n) is 2.86. The number of amides is 1. The quantitative estimate of drug-likeness (QED) is 0.762. The smallest absolute Gasteiger partial charge is 0.248 e. The SMILES string of the molecule is Cc1cc(F)ccc1NC(=S)Nc1ccc(C(N)=O)cc1. The molecule has 0 aliphatic carbocycles. The molecule has 6 heteroatoms. The zero-order valence-electron chi connectivity index (χ0n) is 11.3. The summed E-state index contributed by atoms with van der Waals surface area (Å²) in [5.41, 5.74) is 7.79. The van der Waals surface area contributed by atoms with Crippen molar-refractivity contribution in [1.29, 1.82) is 0 Å². The Bertz CT molecular complexity index is 686. The lowest BCUT2D eigenvalue weighted by atomic mass is 10.2. The van der Waals surface area contributed by atoms with Crippen LogP contribution in [0.5, 0.6) is 0 Å². The van der Waals surface area contributed by atoms with E-state index < -0.39 is 5.91 Å². The van der Waals surface area contributed by atoms with Gasteiger partial charge in [0.15, 0.2) is 5.11 Å². The van der Waals surface area contributed by atoms with Crippen LogP contribution in [0.4, 0.5) is 15.8 Å². The molecule has 0 fully saturated rings. The Morgan fingerprint density at radius 3 is 2.38 bits per heavy atom. The van der Waals surface area contributed by atoms with Gasteiger partial charge in [0.05, 0.1) is 0 Å². The van der Waals surface area contributed by atoms with Gasteiger partial charge in [-0.1, -0.05) is 0 Å². The highest BCUT2D eigenvalue weighted by atomic mass is 32.1. The van der Waals surface area contributed by atoms with Crippen LogP contribution in [0.1, 0.15) is 15.9 Å². The van der Waals surface area contributed by atoms with Crippen LogP contribution in [0, 0.1) is 12.7 Å². The van der Waals surface area contributed by atoms with Gasteiger partial charge in [0.1, 0.15) is 5.82 Å². The molecule has 2 aromatic rings. The van der Waals surface area contributed by atoms with Crippen LogP contribution in [-0.2, 0) is 0 Å². The number of aryl methyl sites for hydroxylation is 1. The fourth-order valence-corrected chi connectivity index (χ4v) is 2.00. The van der Waals surface area contributed by atoms with Crippen LogP contribution in [0.3, 0.4) is 0 Å². The van der Waals surface area contributed by atoms with Crippen LogP contribution in [0.2, 0.25) is 0 Å². The maximum Gasteiger partial charge on any atom is 0.248 e. The molecule has 0 radical (unpaired) electrons. The third-order valence-corrected chi connectivity index (χ3v) is 3.07.